The smallest absolute Gasteiger partial charge is 0.120 e. The first-order valence-electron chi connectivity index (χ1n) is 7.77. The molecule has 0 amide bonds. The molecule has 0 spiro atoms. The summed E-state index contributed by atoms with van der Waals surface area (Å²) in [5, 5.41) is 4.75. The molecular formula is C18H26N2OS. The van der Waals surface area contributed by atoms with E-state index in [4.69, 9.17) is 4.74 Å². The van der Waals surface area contributed by atoms with E-state index in [9.17, 15) is 0 Å². The number of nitrogens with one attached hydrogen (secondary N) is 1. The van der Waals surface area contributed by atoms with Crippen molar-refractivity contribution in [1.29, 1.82) is 0 Å². The van der Waals surface area contributed by atoms with E-state index >= 15 is 0 Å². The molecule has 1 N–H and O–H groups in total. The van der Waals surface area contributed by atoms with Gasteiger partial charge in [0.15, 0.2) is 0 Å². The molecule has 3 nitrogen and oxygen atoms in total. The first-order chi connectivity index (χ1) is 10.3. The van der Waals surface area contributed by atoms with E-state index in [1.165, 1.54) is 15.4 Å². The van der Waals surface area contributed by atoms with Gasteiger partial charge >= 0.3 is 0 Å². The van der Waals surface area contributed by atoms with Gasteiger partial charge in [-0.3, -0.25) is 0 Å². The Labute approximate surface area is 137 Å². The second kappa shape index (κ2) is 7.25. The minimum atomic E-state index is -0.156. The lowest BCUT2D eigenvalue weighted by Gasteiger charge is -2.22. The number of nitrogens with zero attached hydrogens (tertiary/aromatic N) is 1. The van der Waals surface area contributed by atoms with Crippen LogP contribution < -0.4 is 10.1 Å². The Morgan fingerprint density at radius 1 is 1.23 bits per heavy atom. The van der Waals surface area contributed by atoms with Crippen molar-refractivity contribution in [3.8, 4) is 5.75 Å². The summed E-state index contributed by atoms with van der Waals surface area (Å²) >= 11 is 1.77. The number of hydrogen-bond acceptors (Lipinski definition) is 4. The number of rotatable bonds is 6. The summed E-state index contributed by atoms with van der Waals surface area (Å²) in [6, 6.07) is 8.68. The first-order valence-corrected chi connectivity index (χ1v) is 8.59. The van der Waals surface area contributed by atoms with Crippen LogP contribution in [0, 0.1) is 6.92 Å². The van der Waals surface area contributed by atoms with Gasteiger partial charge in [0.2, 0.25) is 0 Å². The van der Waals surface area contributed by atoms with Crippen LogP contribution in [0.15, 0.2) is 30.5 Å². The quantitative estimate of drug-likeness (QED) is 0.850. The summed E-state index contributed by atoms with van der Waals surface area (Å²) in [4.78, 5) is 5.67. The Morgan fingerprint density at radius 2 is 1.91 bits per heavy atom. The highest BCUT2D eigenvalue weighted by Gasteiger charge is 2.12. The van der Waals surface area contributed by atoms with E-state index in [2.05, 4.69) is 57.1 Å². The molecule has 1 atom stereocenters. The number of ether oxygens (including phenoxy) is 1. The van der Waals surface area contributed by atoms with E-state index in [0.717, 1.165) is 18.7 Å². The monoisotopic (exact) mass is 318 g/mol. The molecular weight excluding hydrogens is 292 g/mol. The van der Waals surface area contributed by atoms with Gasteiger partial charge in [-0.2, -0.15) is 0 Å². The lowest BCUT2D eigenvalue weighted by molar-refractivity contribution is 0.131. The summed E-state index contributed by atoms with van der Waals surface area (Å²) in [7, 11) is 0. The van der Waals surface area contributed by atoms with Crippen molar-refractivity contribution in [3.63, 3.8) is 0 Å². The van der Waals surface area contributed by atoms with Crippen LogP contribution in [-0.4, -0.2) is 17.1 Å². The molecule has 0 aliphatic carbocycles. The van der Waals surface area contributed by atoms with Crippen molar-refractivity contribution in [1.82, 2.24) is 10.3 Å². The average molecular weight is 318 g/mol. The van der Waals surface area contributed by atoms with Gasteiger partial charge in [0.25, 0.3) is 0 Å². The van der Waals surface area contributed by atoms with Crippen molar-refractivity contribution in [2.24, 2.45) is 0 Å². The number of benzene rings is 1. The Hall–Kier alpha value is -1.39. The lowest BCUT2D eigenvalue weighted by Crippen LogP contribution is -2.23. The maximum absolute atomic E-state index is 5.85. The fraction of sp³-hybridized carbons (Fsp3) is 0.500. The van der Waals surface area contributed by atoms with Crippen molar-refractivity contribution in [3.05, 3.63) is 45.9 Å². The SMILES string of the molecule is Cc1cnc(CCN[C@@H](C)c2ccc(OC(C)(C)C)cc2)s1. The average Bonchev–Trinajstić information content (AvgIpc) is 2.83. The number of aromatic nitrogens is 1. The van der Waals surface area contributed by atoms with Gasteiger partial charge in [-0.25, -0.2) is 4.98 Å². The molecule has 0 saturated heterocycles. The van der Waals surface area contributed by atoms with Gasteiger partial charge in [0, 0.05) is 30.1 Å². The second-order valence-corrected chi connectivity index (χ2v) is 7.89. The van der Waals surface area contributed by atoms with Crippen LogP contribution in [-0.2, 0) is 6.42 Å². The van der Waals surface area contributed by atoms with Crippen LogP contribution in [0.4, 0.5) is 0 Å². The highest BCUT2D eigenvalue weighted by molar-refractivity contribution is 7.11. The van der Waals surface area contributed by atoms with Gasteiger partial charge < -0.3 is 10.1 Å². The number of hydrogen-bond donors (Lipinski definition) is 1. The van der Waals surface area contributed by atoms with Crippen LogP contribution in [0.2, 0.25) is 0 Å². The summed E-state index contributed by atoms with van der Waals surface area (Å²) in [6.45, 7) is 11.4. The van der Waals surface area contributed by atoms with Crippen LogP contribution in [0.3, 0.4) is 0 Å². The fourth-order valence-electron chi connectivity index (χ4n) is 2.21. The van der Waals surface area contributed by atoms with E-state index in [1.54, 1.807) is 11.3 Å². The molecule has 2 aromatic rings. The van der Waals surface area contributed by atoms with Gasteiger partial charge in [0.1, 0.15) is 11.4 Å². The van der Waals surface area contributed by atoms with Crippen molar-refractivity contribution in [2.45, 2.75) is 52.7 Å². The summed E-state index contributed by atoms with van der Waals surface area (Å²) < 4.78 is 5.85. The van der Waals surface area contributed by atoms with Crippen LogP contribution in [0.1, 0.15) is 49.2 Å². The molecule has 0 aliphatic heterocycles. The second-order valence-electron chi connectivity index (χ2n) is 6.57. The summed E-state index contributed by atoms with van der Waals surface area (Å²) in [6.07, 6.45) is 2.92. The molecule has 1 aromatic carbocycles. The molecule has 1 heterocycles. The molecule has 2 rings (SSSR count). The third kappa shape index (κ3) is 5.43. The summed E-state index contributed by atoms with van der Waals surface area (Å²) in [5.74, 6) is 0.918. The van der Waals surface area contributed by atoms with E-state index in [1.807, 2.05) is 18.3 Å². The van der Waals surface area contributed by atoms with E-state index in [0.29, 0.717) is 6.04 Å². The van der Waals surface area contributed by atoms with Gasteiger partial charge in [-0.05, 0) is 52.3 Å². The van der Waals surface area contributed by atoms with Crippen LogP contribution in [0.5, 0.6) is 5.75 Å². The van der Waals surface area contributed by atoms with Crippen molar-refractivity contribution < 1.29 is 4.74 Å². The largest absolute Gasteiger partial charge is 0.488 e. The third-order valence-electron chi connectivity index (χ3n) is 3.26. The Bertz CT molecular complexity index is 584. The van der Waals surface area contributed by atoms with E-state index < -0.39 is 0 Å². The molecule has 4 heteroatoms. The highest BCUT2D eigenvalue weighted by atomic mass is 32.1. The lowest BCUT2D eigenvalue weighted by atomic mass is 10.1. The molecule has 22 heavy (non-hydrogen) atoms. The molecule has 1 aromatic heterocycles. The van der Waals surface area contributed by atoms with Gasteiger partial charge in [-0.15, -0.1) is 11.3 Å². The Kier molecular flexibility index (Phi) is 5.59. The molecule has 0 aliphatic rings. The maximum atomic E-state index is 5.85. The van der Waals surface area contributed by atoms with E-state index in [-0.39, 0.29) is 5.60 Å². The number of aryl methyl sites for hydroxylation is 1. The molecule has 0 bridgehead atoms. The zero-order valence-electron chi connectivity index (χ0n) is 14.1. The van der Waals surface area contributed by atoms with Crippen molar-refractivity contribution >= 4 is 11.3 Å². The molecule has 0 radical (unpaired) electrons. The first kappa shape index (κ1) is 17.0. The Balaban J connectivity index is 1.83. The predicted octanol–water partition coefficient (Wildman–Crippen LogP) is 4.52. The fourth-order valence-corrected chi connectivity index (χ4v) is 3.00. The molecule has 0 unspecified atom stereocenters. The predicted molar refractivity (Wildman–Crippen MR) is 93.8 cm³/mol. The third-order valence-corrected chi connectivity index (χ3v) is 4.24. The van der Waals surface area contributed by atoms with Crippen LogP contribution in [0.25, 0.3) is 0 Å². The maximum Gasteiger partial charge on any atom is 0.120 e. The highest BCUT2D eigenvalue weighted by Crippen LogP contribution is 2.21. The normalized spacial score (nSPS) is 13.1. The minimum Gasteiger partial charge on any atom is -0.488 e. The van der Waals surface area contributed by atoms with Crippen molar-refractivity contribution in [2.75, 3.05) is 6.54 Å². The topological polar surface area (TPSA) is 34.2 Å². The van der Waals surface area contributed by atoms with Gasteiger partial charge in [-0.1, -0.05) is 12.1 Å². The standard InChI is InChI=1S/C18H26N2OS/c1-13-12-20-17(22-13)10-11-19-14(2)15-6-8-16(9-7-15)21-18(3,4)5/h6-9,12,14,19H,10-11H2,1-5H3/t14-/m0/s1. The zero-order chi connectivity index (χ0) is 16.2. The zero-order valence-corrected chi connectivity index (χ0v) is 15.0. The minimum absolute atomic E-state index is 0.156. The molecule has 120 valence electrons. The van der Waals surface area contributed by atoms with Crippen LogP contribution >= 0.6 is 11.3 Å². The Morgan fingerprint density at radius 3 is 2.45 bits per heavy atom. The van der Waals surface area contributed by atoms with Gasteiger partial charge in [0.05, 0.1) is 5.01 Å². The number of thiazole rings is 1. The molecule has 0 fully saturated rings. The molecule has 0 saturated carbocycles. The summed E-state index contributed by atoms with van der Waals surface area (Å²) in [5.41, 5.74) is 1.12.